The van der Waals surface area contributed by atoms with E-state index < -0.39 is 29.5 Å². The van der Waals surface area contributed by atoms with Crippen molar-refractivity contribution >= 4 is 33.5 Å². The minimum Gasteiger partial charge on any atom is -0.481 e. The maximum atomic E-state index is 13.2. The molecule has 2 unspecified atom stereocenters. The monoisotopic (exact) mass is 341 g/mol. The summed E-state index contributed by atoms with van der Waals surface area (Å²) in [5.41, 5.74) is 0.300. The number of anilines is 1. The number of nitrogens with one attached hydrogen (secondary N) is 1. The Kier molecular flexibility index (Phi) is 4.54. The molecule has 0 fully saturated rings. The van der Waals surface area contributed by atoms with Crippen LogP contribution in [-0.4, -0.2) is 17.0 Å². The zero-order valence-electron chi connectivity index (χ0n) is 10.5. The number of carbonyl (C=O) groups excluding carboxylic acids is 1. The highest BCUT2D eigenvalue weighted by molar-refractivity contribution is 9.10. The summed E-state index contributed by atoms with van der Waals surface area (Å²) < 4.78 is 13.7. The standard InChI is InChI=1S/C14H13BrFNO3/c15-11-6-5-8(16)7-12(11)17-13(18)9-3-1-2-4-10(9)14(19)20/h1-2,5-7,9-10H,3-4H2,(H,17,18)(H,19,20). The van der Waals surface area contributed by atoms with Crippen LogP contribution in [0.25, 0.3) is 0 Å². The van der Waals surface area contributed by atoms with Gasteiger partial charge in [-0.2, -0.15) is 0 Å². The molecule has 0 radical (unpaired) electrons. The topological polar surface area (TPSA) is 66.4 Å². The zero-order valence-corrected chi connectivity index (χ0v) is 12.1. The molecule has 1 aromatic rings. The van der Waals surface area contributed by atoms with Gasteiger partial charge in [-0.15, -0.1) is 0 Å². The molecule has 0 heterocycles. The Morgan fingerprint density at radius 1 is 1.25 bits per heavy atom. The number of rotatable bonds is 3. The first kappa shape index (κ1) is 14.7. The SMILES string of the molecule is O=C(O)C1CC=CCC1C(=O)Nc1cc(F)ccc1Br. The lowest BCUT2D eigenvalue weighted by atomic mass is 9.82. The normalized spacial score (nSPS) is 21.5. The van der Waals surface area contributed by atoms with Crippen LogP contribution in [0.1, 0.15) is 12.8 Å². The van der Waals surface area contributed by atoms with Crippen LogP contribution in [0.2, 0.25) is 0 Å². The van der Waals surface area contributed by atoms with Crippen molar-refractivity contribution in [2.24, 2.45) is 11.8 Å². The van der Waals surface area contributed by atoms with Gasteiger partial charge in [-0.05, 0) is 47.0 Å². The fourth-order valence-electron chi connectivity index (χ4n) is 2.20. The molecule has 2 rings (SSSR count). The quantitative estimate of drug-likeness (QED) is 0.829. The first-order chi connectivity index (χ1) is 9.49. The van der Waals surface area contributed by atoms with Crippen molar-refractivity contribution in [2.45, 2.75) is 12.8 Å². The number of aliphatic carboxylic acids is 1. The highest BCUT2D eigenvalue weighted by Gasteiger charge is 2.34. The number of carbonyl (C=O) groups is 2. The fourth-order valence-corrected chi connectivity index (χ4v) is 2.54. The molecule has 0 spiro atoms. The highest BCUT2D eigenvalue weighted by atomic mass is 79.9. The first-order valence-corrected chi connectivity index (χ1v) is 6.92. The number of carboxylic acids is 1. The Balaban J connectivity index is 2.16. The second-order valence-electron chi connectivity index (χ2n) is 4.61. The van der Waals surface area contributed by atoms with Gasteiger partial charge in [-0.25, -0.2) is 4.39 Å². The Hall–Kier alpha value is -1.69. The van der Waals surface area contributed by atoms with E-state index in [1.165, 1.54) is 18.2 Å². The van der Waals surface area contributed by atoms with Gasteiger partial charge in [0.05, 0.1) is 17.5 Å². The first-order valence-electron chi connectivity index (χ1n) is 6.12. The molecule has 2 N–H and O–H groups in total. The molecule has 1 aliphatic carbocycles. The van der Waals surface area contributed by atoms with Crippen LogP contribution >= 0.6 is 15.9 Å². The Morgan fingerprint density at radius 3 is 2.55 bits per heavy atom. The van der Waals surface area contributed by atoms with E-state index in [0.29, 0.717) is 23.0 Å². The van der Waals surface area contributed by atoms with Crippen molar-refractivity contribution in [3.05, 3.63) is 40.6 Å². The molecule has 1 aromatic carbocycles. The van der Waals surface area contributed by atoms with Gasteiger partial charge in [0.15, 0.2) is 0 Å². The summed E-state index contributed by atoms with van der Waals surface area (Å²) in [4.78, 5) is 23.4. The second kappa shape index (κ2) is 6.17. The van der Waals surface area contributed by atoms with Gasteiger partial charge in [-0.3, -0.25) is 9.59 Å². The zero-order chi connectivity index (χ0) is 14.7. The summed E-state index contributed by atoms with van der Waals surface area (Å²) in [6.45, 7) is 0. The molecule has 0 saturated heterocycles. The van der Waals surface area contributed by atoms with Gasteiger partial charge in [0.2, 0.25) is 5.91 Å². The van der Waals surface area contributed by atoms with Crippen molar-refractivity contribution in [3.63, 3.8) is 0 Å². The van der Waals surface area contributed by atoms with Gasteiger partial charge >= 0.3 is 5.97 Å². The molecule has 106 valence electrons. The van der Waals surface area contributed by atoms with Crippen LogP contribution in [0, 0.1) is 17.7 Å². The van der Waals surface area contributed by atoms with Gasteiger partial charge in [0.25, 0.3) is 0 Å². The third-order valence-electron chi connectivity index (χ3n) is 3.27. The average molecular weight is 342 g/mol. The van der Waals surface area contributed by atoms with E-state index in [1.807, 2.05) is 0 Å². The van der Waals surface area contributed by atoms with Gasteiger partial charge < -0.3 is 10.4 Å². The number of hydrogen-bond acceptors (Lipinski definition) is 2. The van der Waals surface area contributed by atoms with Crippen molar-refractivity contribution in [3.8, 4) is 0 Å². The maximum absolute atomic E-state index is 13.2. The molecular weight excluding hydrogens is 329 g/mol. The molecule has 20 heavy (non-hydrogen) atoms. The Bertz CT molecular complexity index is 574. The lowest BCUT2D eigenvalue weighted by Crippen LogP contribution is -2.34. The van der Waals surface area contributed by atoms with Crippen LogP contribution in [0.15, 0.2) is 34.8 Å². The van der Waals surface area contributed by atoms with Crippen molar-refractivity contribution in [2.75, 3.05) is 5.32 Å². The van der Waals surface area contributed by atoms with Crippen LogP contribution in [0.4, 0.5) is 10.1 Å². The smallest absolute Gasteiger partial charge is 0.307 e. The lowest BCUT2D eigenvalue weighted by molar-refractivity contribution is -0.146. The molecule has 0 aliphatic heterocycles. The summed E-state index contributed by atoms with van der Waals surface area (Å²) in [7, 11) is 0. The third-order valence-corrected chi connectivity index (χ3v) is 3.96. The van der Waals surface area contributed by atoms with E-state index in [1.54, 1.807) is 12.2 Å². The predicted octanol–water partition coefficient (Wildman–Crippen LogP) is 3.19. The molecule has 2 atom stereocenters. The summed E-state index contributed by atoms with van der Waals surface area (Å²) in [5.74, 6) is -3.26. The van der Waals surface area contributed by atoms with Gasteiger partial charge in [0.1, 0.15) is 5.82 Å². The molecule has 0 saturated carbocycles. The summed E-state index contributed by atoms with van der Waals surface area (Å²) in [6, 6.07) is 3.94. The van der Waals surface area contributed by atoms with Crippen LogP contribution in [0.5, 0.6) is 0 Å². The summed E-state index contributed by atoms with van der Waals surface area (Å²) >= 11 is 3.22. The average Bonchev–Trinajstić information content (AvgIpc) is 2.42. The van der Waals surface area contributed by atoms with Crippen LogP contribution in [-0.2, 0) is 9.59 Å². The van der Waals surface area contributed by atoms with Crippen molar-refractivity contribution < 1.29 is 19.1 Å². The Morgan fingerprint density at radius 2 is 1.90 bits per heavy atom. The van der Waals surface area contributed by atoms with Gasteiger partial charge in [-0.1, -0.05) is 12.2 Å². The number of carboxylic acid groups (broad SMARTS) is 1. The van der Waals surface area contributed by atoms with Crippen molar-refractivity contribution in [1.82, 2.24) is 0 Å². The number of amides is 1. The number of benzene rings is 1. The second-order valence-corrected chi connectivity index (χ2v) is 5.46. The third kappa shape index (κ3) is 3.25. The molecular formula is C14H13BrFNO3. The Labute approximate surface area is 123 Å². The summed E-state index contributed by atoms with van der Waals surface area (Å²) in [6.07, 6.45) is 4.26. The summed E-state index contributed by atoms with van der Waals surface area (Å²) in [5, 5.41) is 11.7. The predicted molar refractivity (Wildman–Crippen MR) is 75.7 cm³/mol. The molecule has 0 bridgehead atoms. The lowest BCUT2D eigenvalue weighted by Gasteiger charge is -2.24. The van der Waals surface area contributed by atoms with E-state index in [9.17, 15) is 14.0 Å². The number of hydrogen-bond donors (Lipinski definition) is 2. The molecule has 1 amide bonds. The highest BCUT2D eigenvalue weighted by Crippen LogP contribution is 2.29. The van der Waals surface area contributed by atoms with E-state index >= 15 is 0 Å². The van der Waals surface area contributed by atoms with E-state index in [4.69, 9.17) is 5.11 Å². The minimum atomic E-state index is -0.993. The van der Waals surface area contributed by atoms with Crippen LogP contribution < -0.4 is 5.32 Å². The van der Waals surface area contributed by atoms with E-state index in [-0.39, 0.29) is 0 Å². The van der Waals surface area contributed by atoms with Crippen molar-refractivity contribution in [1.29, 1.82) is 0 Å². The largest absolute Gasteiger partial charge is 0.481 e. The van der Waals surface area contributed by atoms with E-state index in [2.05, 4.69) is 21.2 Å². The molecule has 6 heteroatoms. The van der Waals surface area contributed by atoms with Crippen LogP contribution in [0.3, 0.4) is 0 Å². The molecule has 0 aromatic heterocycles. The number of allylic oxidation sites excluding steroid dienone is 2. The minimum absolute atomic E-state index is 0.300. The molecule has 1 aliphatic rings. The fraction of sp³-hybridized carbons (Fsp3) is 0.286. The van der Waals surface area contributed by atoms with E-state index in [0.717, 1.165) is 0 Å². The maximum Gasteiger partial charge on any atom is 0.307 e. The molecule has 4 nitrogen and oxygen atoms in total. The van der Waals surface area contributed by atoms with Gasteiger partial charge in [0, 0.05) is 4.47 Å². The number of halogens is 2.